The predicted molar refractivity (Wildman–Crippen MR) is 43.5 cm³/mol. The largest absolute Gasteiger partial charge is 0.493 e. The van der Waals surface area contributed by atoms with E-state index in [4.69, 9.17) is 16.0 Å². The highest BCUT2D eigenvalue weighted by Crippen LogP contribution is 2.29. The molecule has 1 aliphatic heterocycles. The molecule has 0 spiro atoms. The first-order valence-corrected chi connectivity index (χ1v) is 3.52. The van der Waals surface area contributed by atoms with Crippen LogP contribution in [0.15, 0.2) is 24.2 Å². The fourth-order valence-corrected chi connectivity index (χ4v) is 1.12. The van der Waals surface area contributed by atoms with Crippen LogP contribution in [0.3, 0.4) is 0 Å². The molecule has 1 aromatic carbocycles. The highest BCUT2D eigenvalue weighted by Gasteiger charge is 2.16. The van der Waals surface area contributed by atoms with Crippen molar-refractivity contribution in [1.29, 1.82) is 0 Å². The number of para-hydroxylation sites is 1. The van der Waals surface area contributed by atoms with E-state index in [2.05, 4.69) is 0 Å². The van der Waals surface area contributed by atoms with Crippen LogP contribution in [0, 0.1) is 0 Å². The molecule has 0 unspecified atom stereocenters. The SMILES string of the molecule is [2H]c1c([2H])c([2H])c2c(c1[2H])OCC[C@H]2N. The van der Waals surface area contributed by atoms with E-state index < -0.39 is 0 Å². The van der Waals surface area contributed by atoms with E-state index in [1.54, 1.807) is 0 Å². The third-order valence-corrected chi connectivity index (χ3v) is 1.73. The zero-order chi connectivity index (χ0) is 11.2. The summed E-state index contributed by atoms with van der Waals surface area (Å²) in [4.78, 5) is 0. The number of benzene rings is 1. The van der Waals surface area contributed by atoms with Crippen LogP contribution in [0.2, 0.25) is 0 Å². The minimum Gasteiger partial charge on any atom is -0.493 e. The van der Waals surface area contributed by atoms with Gasteiger partial charge in [-0.3, -0.25) is 0 Å². The molecule has 0 saturated carbocycles. The van der Waals surface area contributed by atoms with E-state index in [0.29, 0.717) is 18.6 Å². The van der Waals surface area contributed by atoms with E-state index >= 15 is 0 Å². The number of hydrogen-bond acceptors (Lipinski definition) is 2. The maximum Gasteiger partial charge on any atom is 0.124 e. The lowest BCUT2D eigenvalue weighted by Crippen LogP contribution is -2.20. The lowest BCUT2D eigenvalue weighted by molar-refractivity contribution is 0.269. The van der Waals surface area contributed by atoms with Crippen molar-refractivity contribution >= 4 is 0 Å². The first-order chi connectivity index (χ1) is 7.04. The summed E-state index contributed by atoms with van der Waals surface area (Å²) in [5.41, 5.74) is 6.20. The molecule has 1 aromatic rings. The van der Waals surface area contributed by atoms with Crippen LogP contribution in [0.25, 0.3) is 0 Å². The highest BCUT2D eigenvalue weighted by molar-refractivity contribution is 5.36. The molecule has 2 heteroatoms. The molecule has 2 N–H and O–H groups in total. The van der Waals surface area contributed by atoms with Crippen molar-refractivity contribution in [3.63, 3.8) is 0 Å². The van der Waals surface area contributed by atoms with E-state index in [9.17, 15) is 0 Å². The predicted octanol–water partition coefficient (Wildman–Crippen LogP) is 1.47. The normalized spacial score (nSPS) is 27.2. The van der Waals surface area contributed by atoms with Crippen LogP contribution in [0.1, 0.15) is 23.5 Å². The summed E-state index contributed by atoms with van der Waals surface area (Å²) in [7, 11) is 0. The Morgan fingerprint density at radius 1 is 1.55 bits per heavy atom. The van der Waals surface area contributed by atoms with Gasteiger partial charge in [-0.25, -0.2) is 0 Å². The Kier molecular flexibility index (Phi) is 0.831. The maximum atomic E-state index is 7.69. The molecule has 1 atom stereocenters. The topological polar surface area (TPSA) is 35.2 Å². The Morgan fingerprint density at radius 3 is 3.27 bits per heavy atom. The molecule has 0 aliphatic carbocycles. The van der Waals surface area contributed by atoms with E-state index in [1.807, 2.05) is 0 Å². The van der Waals surface area contributed by atoms with Crippen molar-refractivity contribution in [2.75, 3.05) is 6.61 Å². The van der Waals surface area contributed by atoms with Crippen molar-refractivity contribution in [2.45, 2.75) is 12.5 Å². The van der Waals surface area contributed by atoms with Gasteiger partial charge in [-0.1, -0.05) is 18.1 Å². The molecule has 58 valence electrons. The molecular formula is C9H11NO. The molecule has 0 saturated heterocycles. The smallest absolute Gasteiger partial charge is 0.124 e. The van der Waals surface area contributed by atoms with Gasteiger partial charge < -0.3 is 10.5 Å². The van der Waals surface area contributed by atoms with Crippen LogP contribution in [0.4, 0.5) is 0 Å². The van der Waals surface area contributed by atoms with Gasteiger partial charge in [0.05, 0.1) is 12.1 Å². The summed E-state index contributed by atoms with van der Waals surface area (Å²) < 4.78 is 35.6. The van der Waals surface area contributed by atoms with Crippen LogP contribution < -0.4 is 10.5 Å². The van der Waals surface area contributed by atoms with Gasteiger partial charge in [0.15, 0.2) is 0 Å². The van der Waals surface area contributed by atoms with Crippen molar-refractivity contribution in [3.05, 3.63) is 29.7 Å². The summed E-state index contributed by atoms with van der Waals surface area (Å²) in [5, 5.41) is 0. The number of hydrogen-bond donors (Lipinski definition) is 1. The average molecular weight is 153 g/mol. The highest BCUT2D eigenvalue weighted by atomic mass is 16.5. The first kappa shape index (κ1) is 3.59. The summed E-state index contributed by atoms with van der Waals surface area (Å²) in [5.74, 6) is 0.208. The quantitative estimate of drug-likeness (QED) is 0.612. The molecule has 0 radical (unpaired) electrons. The van der Waals surface area contributed by atoms with Gasteiger partial charge in [-0.05, 0) is 6.04 Å². The number of ether oxygens (including phenoxy) is 1. The molecular weight excluding hydrogens is 138 g/mol. The Balaban J connectivity index is 2.74. The lowest BCUT2D eigenvalue weighted by Gasteiger charge is -2.22. The molecule has 0 bridgehead atoms. The minimum atomic E-state index is -0.366. The fourth-order valence-electron chi connectivity index (χ4n) is 1.12. The molecule has 1 heterocycles. The molecule has 2 rings (SSSR count). The second kappa shape index (κ2) is 2.55. The van der Waals surface area contributed by atoms with Gasteiger partial charge in [-0.15, -0.1) is 0 Å². The number of rotatable bonds is 0. The molecule has 0 fully saturated rings. The van der Waals surface area contributed by atoms with E-state index in [0.717, 1.165) is 0 Å². The van der Waals surface area contributed by atoms with Crippen molar-refractivity contribution in [1.82, 2.24) is 0 Å². The van der Waals surface area contributed by atoms with Gasteiger partial charge >= 0.3 is 0 Å². The Hall–Kier alpha value is -1.02. The molecule has 2 nitrogen and oxygen atoms in total. The Morgan fingerprint density at radius 2 is 2.36 bits per heavy atom. The van der Waals surface area contributed by atoms with Gasteiger partial charge in [0.2, 0.25) is 0 Å². The number of fused-ring (bicyclic) bond motifs is 1. The fraction of sp³-hybridized carbons (Fsp3) is 0.333. The van der Waals surface area contributed by atoms with E-state index in [1.165, 1.54) is 0 Å². The van der Waals surface area contributed by atoms with Gasteiger partial charge in [0, 0.05) is 18.0 Å². The summed E-state index contributed by atoms with van der Waals surface area (Å²) in [6.45, 7) is 0.399. The summed E-state index contributed by atoms with van der Waals surface area (Å²) >= 11 is 0. The van der Waals surface area contributed by atoms with Crippen LogP contribution >= 0.6 is 0 Å². The Bertz CT molecular complexity index is 421. The minimum absolute atomic E-state index is 0.0850. The van der Waals surface area contributed by atoms with Gasteiger partial charge in [0.25, 0.3) is 0 Å². The molecule has 0 amide bonds. The van der Waals surface area contributed by atoms with Gasteiger partial charge in [0.1, 0.15) is 5.75 Å². The second-order valence-corrected chi connectivity index (χ2v) is 2.49. The standard InChI is InChI=1S/C9H11NO/c10-8-5-6-11-9-4-2-1-3-7(8)9/h1-4,8H,5-6,10H2/t8-/m1/s1/i1D,2D,3D,4D. The third kappa shape index (κ3) is 1.10. The van der Waals surface area contributed by atoms with E-state index in [-0.39, 0.29) is 36.0 Å². The van der Waals surface area contributed by atoms with Crippen LogP contribution in [-0.2, 0) is 0 Å². The first-order valence-electron chi connectivity index (χ1n) is 5.52. The van der Waals surface area contributed by atoms with Crippen molar-refractivity contribution < 1.29 is 10.2 Å². The van der Waals surface area contributed by atoms with Gasteiger partial charge in [-0.2, -0.15) is 0 Å². The monoisotopic (exact) mass is 153 g/mol. The Labute approximate surface area is 71.6 Å². The summed E-state index contributed by atoms with van der Waals surface area (Å²) in [6, 6.07) is -1.11. The maximum absolute atomic E-state index is 7.69. The second-order valence-electron chi connectivity index (χ2n) is 2.49. The van der Waals surface area contributed by atoms with Crippen molar-refractivity contribution in [2.24, 2.45) is 5.73 Å². The lowest BCUT2D eigenvalue weighted by atomic mass is 10.0. The zero-order valence-electron chi connectivity index (χ0n) is 9.98. The number of nitrogens with two attached hydrogens (primary N) is 1. The van der Waals surface area contributed by atoms with Crippen LogP contribution in [0.5, 0.6) is 5.75 Å². The molecule has 11 heavy (non-hydrogen) atoms. The van der Waals surface area contributed by atoms with Crippen molar-refractivity contribution in [3.8, 4) is 5.75 Å². The summed E-state index contributed by atoms with van der Waals surface area (Å²) in [6.07, 6.45) is 0.578. The third-order valence-electron chi connectivity index (χ3n) is 1.73. The average Bonchev–Trinajstić information content (AvgIpc) is 2.23. The molecule has 1 aliphatic rings. The zero-order valence-corrected chi connectivity index (χ0v) is 5.98. The molecule has 0 aromatic heterocycles. The van der Waals surface area contributed by atoms with Crippen LogP contribution in [-0.4, -0.2) is 6.61 Å².